The van der Waals surface area contributed by atoms with Crippen molar-refractivity contribution < 1.29 is 19.5 Å². The Hall–Kier alpha value is -1.59. The van der Waals surface area contributed by atoms with E-state index in [9.17, 15) is 14.4 Å². The Bertz CT molecular complexity index is 447. The van der Waals surface area contributed by atoms with Crippen molar-refractivity contribution in [2.24, 2.45) is 11.3 Å². The standard InChI is InChI=1S/C15H24N2O4/c1-15(2,3)14(21)16-6-4-11(5-7-16)17-9-10(13(19)20)8-12(17)18/h10-11H,4-9H2,1-3H3,(H,19,20). The fourth-order valence-corrected chi connectivity index (χ4v) is 3.10. The van der Waals surface area contributed by atoms with Crippen LogP contribution in [0.4, 0.5) is 0 Å². The number of carboxylic acids is 1. The lowest BCUT2D eigenvalue weighted by molar-refractivity contribution is -0.142. The Balaban J connectivity index is 1.91. The van der Waals surface area contributed by atoms with E-state index in [4.69, 9.17) is 5.11 Å². The van der Waals surface area contributed by atoms with Gasteiger partial charge in [0.25, 0.3) is 0 Å². The number of likely N-dealkylation sites (tertiary alicyclic amines) is 2. The Kier molecular flexibility index (Phi) is 4.25. The third kappa shape index (κ3) is 3.36. The van der Waals surface area contributed by atoms with Crippen LogP contribution < -0.4 is 0 Å². The zero-order valence-electron chi connectivity index (χ0n) is 13.0. The molecule has 2 rings (SSSR count). The summed E-state index contributed by atoms with van der Waals surface area (Å²) in [5, 5.41) is 9.02. The van der Waals surface area contributed by atoms with Gasteiger partial charge in [-0.3, -0.25) is 14.4 Å². The van der Waals surface area contributed by atoms with Gasteiger partial charge in [-0.25, -0.2) is 0 Å². The monoisotopic (exact) mass is 296 g/mol. The number of hydrogen-bond acceptors (Lipinski definition) is 3. The van der Waals surface area contributed by atoms with E-state index < -0.39 is 11.9 Å². The van der Waals surface area contributed by atoms with Crippen LogP contribution in [0.15, 0.2) is 0 Å². The minimum Gasteiger partial charge on any atom is -0.481 e. The molecule has 118 valence electrons. The molecule has 1 N–H and O–H groups in total. The summed E-state index contributed by atoms with van der Waals surface area (Å²) in [5.41, 5.74) is -0.384. The fourth-order valence-electron chi connectivity index (χ4n) is 3.10. The maximum atomic E-state index is 12.2. The highest BCUT2D eigenvalue weighted by Gasteiger charge is 2.40. The molecule has 6 nitrogen and oxygen atoms in total. The highest BCUT2D eigenvalue weighted by molar-refractivity contribution is 5.86. The Morgan fingerprint density at radius 3 is 2.19 bits per heavy atom. The van der Waals surface area contributed by atoms with Gasteiger partial charge in [0.05, 0.1) is 5.92 Å². The average Bonchev–Trinajstić information content (AvgIpc) is 2.79. The van der Waals surface area contributed by atoms with Crippen molar-refractivity contribution in [2.75, 3.05) is 19.6 Å². The maximum Gasteiger partial charge on any atom is 0.308 e. The molecule has 0 aromatic heterocycles. The molecule has 0 bridgehead atoms. The lowest BCUT2D eigenvalue weighted by atomic mass is 9.92. The third-order valence-electron chi connectivity index (χ3n) is 4.34. The quantitative estimate of drug-likeness (QED) is 0.823. The highest BCUT2D eigenvalue weighted by atomic mass is 16.4. The van der Waals surface area contributed by atoms with Gasteiger partial charge in [0.2, 0.25) is 11.8 Å². The lowest BCUT2D eigenvalue weighted by Gasteiger charge is -2.39. The lowest BCUT2D eigenvalue weighted by Crippen LogP contribution is -2.49. The molecule has 0 spiro atoms. The second kappa shape index (κ2) is 5.66. The largest absolute Gasteiger partial charge is 0.481 e. The van der Waals surface area contributed by atoms with Crippen LogP contribution in [0.2, 0.25) is 0 Å². The minimum absolute atomic E-state index is 0.0667. The smallest absolute Gasteiger partial charge is 0.308 e. The molecule has 6 heteroatoms. The number of rotatable bonds is 2. The van der Waals surface area contributed by atoms with Gasteiger partial charge in [0, 0.05) is 37.5 Å². The topological polar surface area (TPSA) is 77.9 Å². The Morgan fingerprint density at radius 2 is 1.76 bits per heavy atom. The van der Waals surface area contributed by atoms with Crippen LogP contribution in [0.3, 0.4) is 0 Å². The molecule has 21 heavy (non-hydrogen) atoms. The second-order valence-corrected chi connectivity index (χ2v) is 7.06. The van der Waals surface area contributed by atoms with Gasteiger partial charge in [-0.15, -0.1) is 0 Å². The first kappa shape index (κ1) is 15.8. The van der Waals surface area contributed by atoms with Gasteiger partial charge in [-0.2, -0.15) is 0 Å². The number of nitrogens with zero attached hydrogens (tertiary/aromatic N) is 2. The Labute approximate surface area is 125 Å². The van der Waals surface area contributed by atoms with E-state index in [1.165, 1.54) is 0 Å². The predicted octanol–water partition coefficient (Wildman–Crippen LogP) is 0.957. The van der Waals surface area contributed by atoms with Crippen LogP contribution in [-0.4, -0.2) is 58.4 Å². The summed E-state index contributed by atoms with van der Waals surface area (Å²) in [7, 11) is 0. The first-order valence-electron chi connectivity index (χ1n) is 7.52. The molecule has 0 aliphatic carbocycles. The van der Waals surface area contributed by atoms with Gasteiger partial charge < -0.3 is 14.9 Å². The number of carbonyl (C=O) groups is 3. The zero-order chi connectivity index (χ0) is 15.8. The molecule has 2 fully saturated rings. The summed E-state index contributed by atoms with van der Waals surface area (Å²) in [6.07, 6.45) is 1.58. The van der Waals surface area contributed by atoms with Crippen molar-refractivity contribution in [1.29, 1.82) is 0 Å². The molecule has 1 unspecified atom stereocenters. The predicted molar refractivity (Wildman–Crippen MR) is 76.5 cm³/mol. The number of carboxylic acid groups (broad SMARTS) is 1. The molecular formula is C15H24N2O4. The molecule has 2 saturated heterocycles. The molecule has 0 saturated carbocycles. The van der Waals surface area contributed by atoms with Gasteiger partial charge in [-0.05, 0) is 12.8 Å². The van der Waals surface area contributed by atoms with Crippen molar-refractivity contribution in [2.45, 2.75) is 46.1 Å². The van der Waals surface area contributed by atoms with E-state index in [1.807, 2.05) is 25.7 Å². The molecule has 2 heterocycles. The fraction of sp³-hybridized carbons (Fsp3) is 0.800. The molecular weight excluding hydrogens is 272 g/mol. The van der Waals surface area contributed by atoms with Crippen molar-refractivity contribution in [1.82, 2.24) is 9.80 Å². The first-order valence-corrected chi connectivity index (χ1v) is 7.52. The summed E-state index contributed by atoms with van der Waals surface area (Å²) in [5.74, 6) is -1.40. The highest BCUT2D eigenvalue weighted by Crippen LogP contribution is 2.27. The van der Waals surface area contributed by atoms with Crippen molar-refractivity contribution in [3.8, 4) is 0 Å². The van der Waals surface area contributed by atoms with Crippen LogP contribution >= 0.6 is 0 Å². The number of aliphatic carboxylic acids is 1. The van der Waals surface area contributed by atoms with Gasteiger partial charge >= 0.3 is 5.97 Å². The van der Waals surface area contributed by atoms with E-state index in [0.29, 0.717) is 19.6 Å². The molecule has 2 amide bonds. The summed E-state index contributed by atoms with van der Waals surface area (Å²) in [4.78, 5) is 38.7. The molecule has 0 radical (unpaired) electrons. The molecule has 0 aromatic carbocycles. The SMILES string of the molecule is CC(C)(C)C(=O)N1CCC(N2CC(C(=O)O)CC2=O)CC1. The molecule has 1 atom stereocenters. The number of hydrogen-bond donors (Lipinski definition) is 1. The zero-order valence-corrected chi connectivity index (χ0v) is 13.0. The van der Waals surface area contributed by atoms with Gasteiger partial charge in [0.1, 0.15) is 0 Å². The van der Waals surface area contributed by atoms with E-state index in [1.54, 1.807) is 4.90 Å². The maximum absolute atomic E-state index is 12.2. The summed E-state index contributed by atoms with van der Waals surface area (Å²) in [6, 6.07) is 0.0749. The van der Waals surface area contributed by atoms with Gasteiger partial charge in [-0.1, -0.05) is 20.8 Å². The molecule has 0 aromatic rings. The second-order valence-electron chi connectivity index (χ2n) is 7.06. The summed E-state index contributed by atoms with van der Waals surface area (Å²) in [6.45, 7) is 7.31. The minimum atomic E-state index is -0.897. The first-order chi connectivity index (χ1) is 9.70. The van der Waals surface area contributed by atoms with Gasteiger partial charge in [0.15, 0.2) is 0 Å². The normalized spacial score (nSPS) is 24.5. The molecule has 2 aliphatic heterocycles. The van der Waals surface area contributed by atoms with Crippen LogP contribution in [0.5, 0.6) is 0 Å². The number of amides is 2. The molecule has 2 aliphatic rings. The van der Waals surface area contributed by atoms with E-state index >= 15 is 0 Å². The van der Waals surface area contributed by atoms with E-state index in [-0.39, 0.29) is 29.7 Å². The van der Waals surface area contributed by atoms with Crippen molar-refractivity contribution in [3.05, 3.63) is 0 Å². The average molecular weight is 296 g/mol. The van der Waals surface area contributed by atoms with Crippen LogP contribution in [0.25, 0.3) is 0 Å². The number of piperidine rings is 1. The van der Waals surface area contributed by atoms with Crippen molar-refractivity contribution >= 4 is 17.8 Å². The van der Waals surface area contributed by atoms with Crippen LogP contribution in [0.1, 0.15) is 40.0 Å². The third-order valence-corrected chi connectivity index (χ3v) is 4.34. The Morgan fingerprint density at radius 1 is 1.19 bits per heavy atom. The summed E-state index contributed by atoms with van der Waals surface area (Å²) >= 11 is 0. The van der Waals surface area contributed by atoms with Crippen LogP contribution in [-0.2, 0) is 14.4 Å². The number of carbonyl (C=O) groups excluding carboxylic acids is 2. The van der Waals surface area contributed by atoms with Crippen molar-refractivity contribution in [3.63, 3.8) is 0 Å². The van der Waals surface area contributed by atoms with E-state index in [2.05, 4.69) is 0 Å². The van der Waals surface area contributed by atoms with Crippen LogP contribution in [0, 0.1) is 11.3 Å². The summed E-state index contributed by atoms with van der Waals surface area (Å²) < 4.78 is 0. The van der Waals surface area contributed by atoms with E-state index in [0.717, 1.165) is 12.8 Å².